The molecule has 3 aromatic carbocycles. The van der Waals surface area contributed by atoms with Gasteiger partial charge in [0.05, 0.1) is 15.6 Å². The van der Waals surface area contributed by atoms with E-state index in [1.807, 2.05) is 0 Å². The van der Waals surface area contributed by atoms with Crippen LogP contribution in [0.25, 0.3) is 6.08 Å². The molecule has 0 aromatic heterocycles. The zero-order chi connectivity index (χ0) is 21.1. The summed E-state index contributed by atoms with van der Waals surface area (Å²) in [6, 6.07) is 20.5. The van der Waals surface area contributed by atoms with Gasteiger partial charge in [0.15, 0.2) is 5.17 Å². The molecule has 1 heterocycles. The Labute approximate surface area is 182 Å². The van der Waals surface area contributed by atoms with E-state index < -0.39 is 0 Å². The Hall–Kier alpha value is -3.09. The highest BCUT2D eigenvalue weighted by Gasteiger charge is 2.34. The molecule has 1 fully saturated rings. The number of para-hydroxylation sites is 1. The number of ether oxygens (including phenoxy) is 1. The maximum atomic E-state index is 13.7. The molecule has 0 atom stereocenters. The molecule has 30 heavy (non-hydrogen) atoms. The van der Waals surface area contributed by atoms with Crippen molar-refractivity contribution in [2.45, 2.75) is 6.61 Å². The number of benzene rings is 3. The van der Waals surface area contributed by atoms with Crippen LogP contribution in [0.3, 0.4) is 0 Å². The molecule has 1 aliphatic rings. The zero-order valence-corrected chi connectivity index (χ0v) is 17.2. The van der Waals surface area contributed by atoms with Gasteiger partial charge in [0, 0.05) is 5.56 Å². The Balaban J connectivity index is 1.47. The van der Waals surface area contributed by atoms with Crippen molar-refractivity contribution < 1.29 is 13.9 Å². The number of anilines is 1. The number of carbonyl (C=O) groups excluding carboxylic acids is 1. The molecule has 3 aromatic rings. The minimum absolute atomic E-state index is 0.101. The molecular weight excluding hydrogens is 423 g/mol. The van der Waals surface area contributed by atoms with Gasteiger partial charge in [0.1, 0.15) is 18.2 Å². The first-order valence-electron chi connectivity index (χ1n) is 9.06. The van der Waals surface area contributed by atoms with E-state index in [-0.39, 0.29) is 23.5 Å². The predicted molar refractivity (Wildman–Crippen MR) is 119 cm³/mol. The van der Waals surface area contributed by atoms with Gasteiger partial charge < -0.3 is 4.74 Å². The average molecular weight is 439 g/mol. The SMILES string of the molecule is N=C1S/C(=C\c2ccc(OCc3ccccc3F)cc2)C(=O)N1c1ccccc1Cl. The van der Waals surface area contributed by atoms with E-state index in [1.54, 1.807) is 72.8 Å². The van der Waals surface area contributed by atoms with Crippen LogP contribution in [0, 0.1) is 11.2 Å². The third-order valence-electron chi connectivity index (χ3n) is 4.45. The quantitative estimate of drug-likeness (QED) is 0.488. The lowest BCUT2D eigenvalue weighted by Crippen LogP contribution is -2.28. The summed E-state index contributed by atoms with van der Waals surface area (Å²) in [5.74, 6) is -0.00429. The Bertz CT molecular complexity index is 1150. The first kappa shape index (κ1) is 20.2. The molecule has 7 heteroatoms. The normalized spacial score (nSPS) is 15.1. The average Bonchev–Trinajstić information content (AvgIpc) is 3.02. The van der Waals surface area contributed by atoms with E-state index in [0.29, 0.717) is 26.9 Å². The van der Waals surface area contributed by atoms with Crippen molar-refractivity contribution in [2.24, 2.45) is 0 Å². The summed E-state index contributed by atoms with van der Waals surface area (Å²) < 4.78 is 19.3. The Morgan fingerprint density at radius 1 is 1.03 bits per heavy atom. The molecule has 0 bridgehead atoms. The highest BCUT2D eigenvalue weighted by molar-refractivity contribution is 8.19. The summed E-state index contributed by atoms with van der Waals surface area (Å²) in [5.41, 5.74) is 1.76. The number of nitrogens with one attached hydrogen (secondary N) is 1. The van der Waals surface area contributed by atoms with Gasteiger partial charge in [-0.05, 0) is 53.7 Å². The van der Waals surface area contributed by atoms with Crippen LogP contribution in [0.2, 0.25) is 5.02 Å². The third kappa shape index (κ3) is 4.25. The number of halogens is 2. The van der Waals surface area contributed by atoms with E-state index >= 15 is 0 Å². The predicted octanol–water partition coefficient (Wildman–Crippen LogP) is 6.11. The van der Waals surface area contributed by atoms with Crippen LogP contribution in [-0.4, -0.2) is 11.1 Å². The number of amides is 1. The van der Waals surface area contributed by atoms with Gasteiger partial charge in [0.25, 0.3) is 5.91 Å². The van der Waals surface area contributed by atoms with Crippen LogP contribution in [-0.2, 0) is 11.4 Å². The molecule has 150 valence electrons. The molecule has 4 nitrogen and oxygen atoms in total. The highest BCUT2D eigenvalue weighted by atomic mass is 35.5. The van der Waals surface area contributed by atoms with Crippen LogP contribution in [0.4, 0.5) is 10.1 Å². The van der Waals surface area contributed by atoms with Crippen LogP contribution >= 0.6 is 23.4 Å². The number of rotatable bonds is 5. The highest BCUT2D eigenvalue weighted by Crippen LogP contribution is 2.38. The van der Waals surface area contributed by atoms with Crippen LogP contribution in [0.5, 0.6) is 5.75 Å². The number of amidine groups is 1. The number of hydrogen-bond acceptors (Lipinski definition) is 4. The molecule has 0 aliphatic carbocycles. The van der Waals surface area contributed by atoms with Crippen molar-refractivity contribution in [2.75, 3.05) is 4.90 Å². The van der Waals surface area contributed by atoms with E-state index in [1.165, 1.54) is 11.0 Å². The maximum absolute atomic E-state index is 13.7. The minimum atomic E-state index is -0.304. The van der Waals surface area contributed by atoms with Crippen molar-refractivity contribution in [3.8, 4) is 5.75 Å². The molecule has 1 N–H and O–H groups in total. The van der Waals surface area contributed by atoms with Gasteiger partial charge in [-0.1, -0.05) is 54.1 Å². The summed E-state index contributed by atoms with van der Waals surface area (Å²) in [5, 5.41) is 8.68. The van der Waals surface area contributed by atoms with E-state index in [9.17, 15) is 9.18 Å². The number of thioether (sulfide) groups is 1. The van der Waals surface area contributed by atoms with Crippen molar-refractivity contribution in [1.82, 2.24) is 0 Å². The Morgan fingerprint density at radius 2 is 1.73 bits per heavy atom. The van der Waals surface area contributed by atoms with Crippen LogP contribution in [0.1, 0.15) is 11.1 Å². The fourth-order valence-electron chi connectivity index (χ4n) is 2.93. The smallest absolute Gasteiger partial charge is 0.271 e. The molecule has 0 saturated carbocycles. The van der Waals surface area contributed by atoms with Gasteiger partial charge in [-0.3, -0.25) is 15.1 Å². The Kier molecular flexibility index (Phi) is 5.88. The molecule has 1 aliphatic heterocycles. The molecular formula is C23H16ClFN2O2S. The minimum Gasteiger partial charge on any atom is -0.489 e. The standard InChI is InChI=1S/C23H16ClFN2O2S/c24-18-6-2-4-8-20(18)27-22(28)21(30-23(27)26)13-15-9-11-17(12-10-15)29-14-16-5-1-3-7-19(16)25/h1-13,26H,14H2/b21-13-,26-23?. The van der Waals surface area contributed by atoms with Crippen LogP contribution < -0.4 is 9.64 Å². The number of nitrogens with zero attached hydrogens (tertiary/aromatic N) is 1. The van der Waals surface area contributed by atoms with Crippen LogP contribution in [0.15, 0.2) is 77.7 Å². The lowest BCUT2D eigenvalue weighted by atomic mass is 10.2. The zero-order valence-electron chi connectivity index (χ0n) is 15.6. The lowest BCUT2D eigenvalue weighted by Gasteiger charge is -2.15. The topological polar surface area (TPSA) is 53.4 Å². The lowest BCUT2D eigenvalue weighted by molar-refractivity contribution is -0.113. The van der Waals surface area contributed by atoms with E-state index in [0.717, 1.165) is 17.3 Å². The molecule has 0 unspecified atom stereocenters. The fourth-order valence-corrected chi connectivity index (χ4v) is 4.00. The third-order valence-corrected chi connectivity index (χ3v) is 5.65. The van der Waals surface area contributed by atoms with Crippen molar-refractivity contribution >= 4 is 46.2 Å². The summed E-state index contributed by atoms with van der Waals surface area (Å²) in [6.07, 6.45) is 1.72. The first-order valence-corrected chi connectivity index (χ1v) is 10.3. The first-order chi connectivity index (χ1) is 14.5. The van der Waals surface area contributed by atoms with E-state index in [4.69, 9.17) is 21.7 Å². The van der Waals surface area contributed by atoms with Crippen molar-refractivity contribution in [3.05, 3.63) is 99.7 Å². The van der Waals surface area contributed by atoms with Gasteiger partial charge in [0.2, 0.25) is 0 Å². The van der Waals surface area contributed by atoms with Gasteiger partial charge in [-0.25, -0.2) is 4.39 Å². The van der Waals surface area contributed by atoms with Crippen molar-refractivity contribution in [1.29, 1.82) is 5.41 Å². The second-order valence-electron chi connectivity index (χ2n) is 6.46. The van der Waals surface area contributed by atoms with E-state index in [2.05, 4.69) is 0 Å². The van der Waals surface area contributed by atoms with Crippen molar-refractivity contribution in [3.63, 3.8) is 0 Å². The summed E-state index contributed by atoms with van der Waals surface area (Å²) in [6.45, 7) is 0.130. The summed E-state index contributed by atoms with van der Waals surface area (Å²) in [7, 11) is 0. The molecule has 1 amide bonds. The second-order valence-corrected chi connectivity index (χ2v) is 7.89. The fraction of sp³-hybridized carbons (Fsp3) is 0.0435. The number of carbonyl (C=O) groups is 1. The molecule has 0 spiro atoms. The molecule has 0 radical (unpaired) electrons. The van der Waals surface area contributed by atoms with Gasteiger partial charge >= 0.3 is 0 Å². The van der Waals surface area contributed by atoms with Gasteiger partial charge in [-0.2, -0.15) is 0 Å². The molecule has 1 saturated heterocycles. The largest absolute Gasteiger partial charge is 0.489 e. The summed E-state index contributed by atoms with van der Waals surface area (Å²) >= 11 is 7.27. The number of hydrogen-bond donors (Lipinski definition) is 1. The monoisotopic (exact) mass is 438 g/mol. The Morgan fingerprint density at radius 3 is 2.47 bits per heavy atom. The molecule has 4 rings (SSSR count). The summed E-state index contributed by atoms with van der Waals surface area (Å²) in [4.78, 5) is 14.5. The van der Waals surface area contributed by atoms with Gasteiger partial charge in [-0.15, -0.1) is 0 Å². The maximum Gasteiger partial charge on any atom is 0.271 e. The second kappa shape index (κ2) is 8.73.